The van der Waals surface area contributed by atoms with Crippen LogP contribution in [0.25, 0.3) is 11.0 Å². The molecule has 8 nitrogen and oxygen atoms in total. The van der Waals surface area contributed by atoms with Crippen molar-refractivity contribution in [2.45, 2.75) is 6.42 Å². The fourth-order valence-corrected chi connectivity index (χ4v) is 2.31. The van der Waals surface area contributed by atoms with Crippen LogP contribution in [0.5, 0.6) is 5.75 Å². The molecule has 0 saturated carbocycles. The van der Waals surface area contributed by atoms with E-state index in [2.05, 4.69) is 15.3 Å². The monoisotopic (exact) mass is 341 g/mol. The molecule has 3 rings (SSSR count). The number of hydrogen-bond acceptors (Lipinski definition) is 6. The van der Waals surface area contributed by atoms with Crippen LogP contribution in [0.15, 0.2) is 48.5 Å². The second-order valence-electron chi connectivity index (χ2n) is 5.36. The second kappa shape index (κ2) is 7.65. The van der Waals surface area contributed by atoms with E-state index in [1.54, 1.807) is 0 Å². The number of carbonyl (C=O) groups is 1. The van der Waals surface area contributed by atoms with E-state index in [1.165, 1.54) is 24.3 Å². The molecule has 0 unspecified atom stereocenters. The predicted octanol–water partition coefficient (Wildman–Crippen LogP) is 1.99. The fourth-order valence-electron chi connectivity index (χ4n) is 2.31. The maximum atomic E-state index is 11.8. The van der Waals surface area contributed by atoms with Crippen molar-refractivity contribution >= 4 is 22.6 Å². The number of hydrogen-bond donors (Lipinski definition) is 3. The number of rotatable bonds is 7. The summed E-state index contributed by atoms with van der Waals surface area (Å²) in [5, 5.41) is 21.9. The number of anilines is 1. The van der Waals surface area contributed by atoms with E-state index in [0.717, 1.165) is 16.9 Å². The highest BCUT2D eigenvalue weighted by Gasteiger charge is 2.05. The highest BCUT2D eigenvalue weighted by Crippen LogP contribution is 2.17. The summed E-state index contributed by atoms with van der Waals surface area (Å²) in [4.78, 5) is 19.4. The molecule has 0 aliphatic heterocycles. The van der Waals surface area contributed by atoms with Gasteiger partial charge in [0.05, 0.1) is 16.7 Å². The molecule has 3 N–H and O–H groups in total. The summed E-state index contributed by atoms with van der Waals surface area (Å²) in [5.74, 6) is 0.981. The van der Waals surface area contributed by atoms with Crippen molar-refractivity contribution in [1.82, 2.24) is 15.3 Å². The molecule has 0 fully saturated rings. The van der Waals surface area contributed by atoms with E-state index in [-0.39, 0.29) is 23.4 Å². The Labute approximate surface area is 143 Å². The van der Waals surface area contributed by atoms with Gasteiger partial charge in [-0.2, -0.15) is 0 Å². The highest BCUT2D eigenvalue weighted by molar-refractivity contribution is 5.77. The Morgan fingerprint density at radius 2 is 2.00 bits per heavy atom. The number of para-hydroxylation sites is 2. The molecule has 0 aliphatic carbocycles. The summed E-state index contributed by atoms with van der Waals surface area (Å²) in [7, 11) is 0. The largest absolute Gasteiger partial charge is 0.733 e. The number of benzene rings is 2. The Kier molecular flexibility index (Phi) is 5.12. The van der Waals surface area contributed by atoms with Gasteiger partial charge < -0.3 is 25.5 Å². The fraction of sp³-hybridized carbons (Fsp3) is 0.176. The first-order valence-electron chi connectivity index (χ1n) is 7.71. The molecule has 0 bridgehead atoms. The van der Waals surface area contributed by atoms with Gasteiger partial charge in [0.1, 0.15) is 11.6 Å². The van der Waals surface area contributed by atoms with Crippen molar-refractivity contribution in [2.24, 2.45) is 0 Å². The number of amides is 1. The summed E-state index contributed by atoms with van der Waals surface area (Å²) in [6.45, 7) is 0.302. The van der Waals surface area contributed by atoms with Crippen LogP contribution in [-0.2, 0) is 11.2 Å². The van der Waals surface area contributed by atoms with Gasteiger partial charge in [-0.1, -0.05) is 12.1 Å². The third kappa shape index (κ3) is 4.46. The Hall–Kier alpha value is -3.10. The molecule has 0 radical (unpaired) electrons. The Morgan fingerprint density at radius 3 is 2.72 bits per heavy atom. The average Bonchev–Trinajstić information content (AvgIpc) is 3.03. The van der Waals surface area contributed by atoms with Crippen LogP contribution in [0.3, 0.4) is 0 Å². The van der Waals surface area contributed by atoms with Gasteiger partial charge in [-0.25, -0.2) is 4.98 Å². The quantitative estimate of drug-likeness (QED) is 0.566. The summed E-state index contributed by atoms with van der Waals surface area (Å²) in [6, 6.07) is 13.5. The first-order chi connectivity index (χ1) is 12.1. The predicted molar refractivity (Wildman–Crippen MR) is 92.4 cm³/mol. The zero-order chi connectivity index (χ0) is 17.6. The van der Waals surface area contributed by atoms with E-state index < -0.39 is 0 Å². The van der Waals surface area contributed by atoms with Crippen molar-refractivity contribution in [3.8, 4) is 5.75 Å². The van der Waals surface area contributed by atoms with Gasteiger partial charge in [-0.15, -0.1) is 0 Å². The molecule has 0 saturated heterocycles. The van der Waals surface area contributed by atoms with Gasteiger partial charge in [0.15, 0.2) is 6.61 Å². The second-order valence-corrected chi connectivity index (χ2v) is 5.36. The molecule has 3 aromatic rings. The molecule has 8 heteroatoms. The maximum Gasteiger partial charge on any atom is 0.257 e. The van der Waals surface area contributed by atoms with Gasteiger partial charge >= 0.3 is 0 Å². The third-order valence-electron chi connectivity index (χ3n) is 3.55. The minimum atomic E-state index is -0.257. The first-order valence-corrected chi connectivity index (χ1v) is 7.71. The Balaban J connectivity index is 1.42. The van der Waals surface area contributed by atoms with Crippen LogP contribution in [0.4, 0.5) is 5.69 Å². The molecule has 1 aromatic heterocycles. The minimum absolute atomic E-state index is 0.0858. The van der Waals surface area contributed by atoms with Crippen LogP contribution in [0.2, 0.25) is 0 Å². The van der Waals surface area contributed by atoms with Gasteiger partial charge in [-0.3, -0.25) is 10.0 Å². The number of aromatic amines is 1. The molecule has 1 amide bonds. The molecule has 0 atom stereocenters. The number of nitrogens with one attached hydrogen (secondary N) is 2. The van der Waals surface area contributed by atoms with Gasteiger partial charge in [0.2, 0.25) is 0 Å². The molecule has 1 heterocycles. The normalized spacial score (nSPS) is 10.6. The summed E-state index contributed by atoms with van der Waals surface area (Å²) >= 11 is 0. The number of aromatic nitrogens is 2. The summed E-state index contributed by atoms with van der Waals surface area (Å²) < 4.78 is 5.32. The van der Waals surface area contributed by atoms with Crippen molar-refractivity contribution in [3.05, 3.63) is 59.6 Å². The maximum absolute atomic E-state index is 11.8. The van der Waals surface area contributed by atoms with Crippen LogP contribution in [0, 0.1) is 5.21 Å². The zero-order valence-electron chi connectivity index (χ0n) is 13.3. The topological polar surface area (TPSA) is 114 Å². The first kappa shape index (κ1) is 16.7. The zero-order valence-corrected chi connectivity index (χ0v) is 13.3. The van der Waals surface area contributed by atoms with Gasteiger partial charge in [0, 0.05) is 13.0 Å². The molecule has 2 aromatic carbocycles. The number of carbonyl (C=O) groups excluding carboxylic acids is 1. The number of ether oxygens (including phenoxy) is 1. The molecule has 0 aliphatic rings. The lowest BCUT2D eigenvalue weighted by atomic mass is 10.3. The minimum Gasteiger partial charge on any atom is -0.733 e. The Bertz CT molecular complexity index is 812. The van der Waals surface area contributed by atoms with Crippen LogP contribution >= 0.6 is 0 Å². The van der Waals surface area contributed by atoms with Crippen molar-refractivity contribution in [2.75, 3.05) is 18.4 Å². The van der Waals surface area contributed by atoms with E-state index >= 15 is 0 Å². The molecular formula is C17H17N4O4-. The van der Waals surface area contributed by atoms with Crippen molar-refractivity contribution in [1.29, 1.82) is 0 Å². The SMILES string of the molecule is O=C(COc1ccc(N([O-])O)cc1)NCCc1nc2ccccc2[nH]1. The standard InChI is InChI=1S/C17H17N4O4/c22-17(11-25-13-7-5-12(6-8-13)21(23)24)18-10-9-16-19-14-3-1-2-4-15(14)20-16/h1-8,23H,9-11H2,(H,18,22)(H,19,20)/q-1. The van der Waals surface area contributed by atoms with E-state index in [4.69, 9.17) is 9.94 Å². The molecular weight excluding hydrogens is 324 g/mol. The number of nitrogens with zero attached hydrogens (tertiary/aromatic N) is 2. The van der Waals surface area contributed by atoms with Gasteiger partial charge in [0.25, 0.3) is 5.91 Å². The number of imidazole rings is 1. The lowest BCUT2D eigenvalue weighted by Crippen LogP contribution is -2.30. The third-order valence-corrected chi connectivity index (χ3v) is 3.55. The van der Waals surface area contributed by atoms with Crippen LogP contribution in [-0.4, -0.2) is 34.2 Å². The highest BCUT2D eigenvalue weighted by atomic mass is 16.8. The lowest BCUT2D eigenvalue weighted by Gasteiger charge is -2.21. The van der Waals surface area contributed by atoms with E-state index in [9.17, 15) is 10.0 Å². The smallest absolute Gasteiger partial charge is 0.257 e. The molecule has 25 heavy (non-hydrogen) atoms. The van der Waals surface area contributed by atoms with Crippen LogP contribution < -0.4 is 15.3 Å². The average molecular weight is 341 g/mol. The van der Waals surface area contributed by atoms with E-state index in [1.807, 2.05) is 24.3 Å². The molecule has 130 valence electrons. The van der Waals surface area contributed by atoms with Gasteiger partial charge in [-0.05, 0) is 36.4 Å². The lowest BCUT2D eigenvalue weighted by molar-refractivity contribution is -0.123. The summed E-state index contributed by atoms with van der Waals surface area (Å²) in [6.07, 6.45) is 0.588. The van der Waals surface area contributed by atoms with Crippen molar-refractivity contribution < 1.29 is 14.7 Å². The molecule has 0 spiro atoms. The van der Waals surface area contributed by atoms with Crippen molar-refractivity contribution in [3.63, 3.8) is 0 Å². The summed E-state index contributed by atoms with van der Waals surface area (Å²) in [5.41, 5.74) is 1.95. The van der Waals surface area contributed by atoms with E-state index in [0.29, 0.717) is 18.7 Å². The number of fused-ring (bicyclic) bond motifs is 1. The Morgan fingerprint density at radius 1 is 1.24 bits per heavy atom. The van der Waals surface area contributed by atoms with Crippen LogP contribution in [0.1, 0.15) is 5.82 Å². The number of H-pyrrole nitrogens is 1.